The summed E-state index contributed by atoms with van der Waals surface area (Å²) in [7, 11) is 0. The zero-order valence-electron chi connectivity index (χ0n) is 17.5. The fraction of sp³-hybridized carbons (Fsp3) is 0.348. The molecule has 1 N–H and O–H groups in total. The number of carbonyl (C=O) groups excluding carboxylic acids is 3. The van der Waals surface area contributed by atoms with Crippen LogP contribution in [0.15, 0.2) is 48.5 Å². The first-order valence-electron chi connectivity index (χ1n) is 10.1. The monoisotopic (exact) mass is 444 g/mol. The molecule has 8 heteroatoms. The van der Waals surface area contributed by atoms with Crippen molar-refractivity contribution in [1.82, 2.24) is 10.2 Å². The third kappa shape index (κ3) is 6.46. The number of nitrogens with zero attached hydrogens (tertiary/aromatic N) is 1. The number of carbonyl (C=O) groups is 3. The van der Waals surface area contributed by atoms with E-state index in [0.717, 1.165) is 0 Å². The summed E-state index contributed by atoms with van der Waals surface area (Å²) in [5, 5.41) is 3.60. The topological polar surface area (TPSA) is 84.9 Å². The van der Waals surface area contributed by atoms with Gasteiger partial charge >= 0.3 is 5.97 Å². The van der Waals surface area contributed by atoms with Crippen molar-refractivity contribution in [2.75, 3.05) is 13.1 Å². The number of amides is 2. The average molecular weight is 445 g/mol. The highest BCUT2D eigenvalue weighted by Gasteiger charge is 2.26. The van der Waals surface area contributed by atoms with Gasteiger partial charge in [0.25, 0.3) is 11.8 Å². The van der Waals surface area contributed by atoms with Crippen LogP contribution in [0.3, 0.4) is 0 Å². The molecule has 1 saturated heterocycles. The van der Waals surface area contributed by atoms with Crippen LogP contribution in [0, 0.1) is 0 Å². The molecule has 3 rings (SSSR count). The molecular formula is C23H25ClN2O5. The number of rotatable bonds is 6. The van der Waals surface area contributed by atoms with E-state index < -0.39 is 12.1 Å². The Morgan fingerprint density at radius 2 is 1.74 bits per heavy atom. The fourth-order valence-corrected chi connectivity index (χ4v) is 3.48. The first-order valence-corrected chi connectivity index (χ1v) is 10.5. The summed E-state index contributed by atoms with van der Waals surface area (Å²) in [5.74, 6) is 0.154. The van der Waals surface area contributed by atoms with Crippen LogP contribution < -0.4 is 14.8 Å². The number of likely N-dealkylation sites (tertiary alicyclic amines) is 1. The minimum Gasteiger partial charge on any atom is -0.481 e. The molecule has 1 aliphatic rings. The van der Waals surface area contributed by atoms with Gasteiger partial charge in [0.2, 0.25) is 0 Å². The molecule has 1 unspecified atom stereocenters. The minimum absolute atomic E-state index is 0.0276. The van der Waals surface area contributed by atoms with Gasteiger partial charge in [0.05, 0.1) is 0 Å². The van der Waals surface area contributed by atoms with Crippen molar-refractivity contribution in [1.29, 1.82) is 0 Å². The summed E-state index contributed by atoms with van der Waals surface area (Å²) in [6.45, 7) is 4.05. The van der Waals surface area contributed by atoms with Gasteiger partial charge in [-0.2, -0.15) is 0 Å². The molecule has 2 aromatic rings. The Balaban J connectivity index is 1.48. The Morgan fingerprint density at radius 3 is 2.39 bits per heavy atom. The first-order chi connectivity index (χ1) is 14.8. The predicted octanol–water partition coefficient (Wildman–Crippen LogP) is 3.45. The van der Waals surface area contributed by atoms with Crippen molar-refractivity contribution in [2.45, 2.75) is 38.8 Å². The molecule has 1 atom stereocenters. The van der Waals surface area contributed by atoms with Crippen LogP contribution in [-0.2, 0) is 9.59 Å². The van der Waals surface area contributed by atoms with E-state index in [2.05, 4.69) is 5.32 Å². The number of esters is 1. The van der Waals surface area contributed by atoms with Crippen LogP contribution in [0.5, 0.6) is 11.5 Å². The zero-order valence-corrected chi connectivity index (χ0v) is 18.2. The Hall–Kier alpha value is -3.06. The summed E-state index contributed by atoms with van der Waals surface area (Å²) in [4.78, 5) is 38.1. The molecule has 0 aromatic heterocycles. The third-order valence-electron chi connectivity index (χ3n) is 4.97. The average Bonchev–Trinajstić information content (AvgIpc) is 2.75. The fourth-order valence-electron chi connectivity index (χ4n) is 3.36. The van der Waals surface area contributed by atoms with E-state index in [4.69, 9.17) is 21.1 Å². The van der Waals surface area contributed by atoms with Crippen LogP contribution >= 0.6 is 11.6 Å². The summed E-state index contributed by atoms with van der Waals surface area (Å²) in [6, 6.07) is 13.4. The van der Waals surface area contributed by atoms with Gasteiger partial charge in [0.15, 0.2) is 6.10 Å². The molecule has 0 bridgehead atoms. The Morgan fingerprint density at radius 1 is 1.06 bits per heavy atom. The lowest BCUT2D eigenvalue weighted by atomic mass is 10.0. The van der Waals surface area contributed by atoms with Crippen molar-refractivity contribution in [2.24, 2.45) is 0 Å². The van der Waals surface area contributed by atoms with Crippen LogP contribution in [0.4, 0.5) is 0 Å². The zero-order chi connectivity index (χ0) is 22.4. The van der Waals surface area contributed by atoms with Gasteiger partial charge in [-0.15, -0.1) is 0 Å². The molecule has 1 heterocycles. The molecule has 7 nitrogen and oxygen atoms in total. The van der Waals surface area contributed by atoms with Crippen LogP contribution in [0.1, 0.15) is 37.0 Å². The molecule has 0 aliphatic carbocycles. The van der Waals surface area contributed by atoms with Gasteiger partial charge in [-0.05, 0) is 62.2 Å². The van der Waals surface area contributed by atoms with E-state index >= 15 is 0 Å². The summed E-state index contributed by atoms with van der Waals surface area (Å²) in [6.07, 6.45) is 0.647. The maximum Gasteiger partial charge on any atom is 0.308 e. The van der Waals surface area contributed by atoms with Crippen LogP contribution in [0.25, 0.3) is 0 Å². The highest BCUT2D eigenvalue weighted by atomic mass is 35.5. The lowest BCUT2D eigenvalue weighted by Gasteiger charge is -2.33. The number of hydrogen-bond acceptors (Lipinski definition) is 5. The van der Waals surface area contributed by atoms with Gasteiger partial charge in [-0.1, -0.05) is 17.7 Å². The molecule has 31 heavy (non-hydrogen) atoms. The molecule has 2 amide bonds. The second-order valence-electron chi connectivity index (χ2n) is 7.41. The standard InChI is InChI=1S/C23H25ClN2O5/c1-15(30-20-8-6-18(24)7-9-20)22(28)25-19-10-12-26(13-11-19)23(29)17-4-3-5-21(14-17)31-16(2)27/h3-9,14-15,19H,10-13H2,1-2H3,(H,25,28). The largest absolute Gasteiger partial charge is 0.481 e. The van der Waals surface area contributed by atoms with Gasteiger partial charge in [0, 0.05) is 36.6 Å². The summed E-state index contributed by atoms with van der Waals surface area (Å²) >= 11 is 5.86. The van der Waals surface area contributed by atoms with Gasteiger partial charge in [-0.3, -0.25) is 14.4 Å². The Bertz CT molecular complexity index is 939. The number of benzene rings is 2. The lowest BCUT2D eigenvalue weighted by Crippen LogP contribution is -2.49. The highest BCUT2D eigenvalue weighted by Crippen LogP contribution is 2.19. The highest BCUT2D eigenvalue weighted by molar-refractivity contribution is 6.30. The van der Waals surface area contributed by atoms with E-state index in [1.807, 2.05) is 0 Å². The number of hydrogen-bond donors (Lipinski definition) is 1. The van der Waals surface area contributed by atoms with E-state index in [9.17, 15) is 14.4 Å². The van der Waals surface area contributed by atoms with Crippen molar-refractivity contribution in [3.63, 3.8) is 0 Å². The Labute approximate surface area is 186 Å². The van der Waals surface area contributed by atoms with Crippen LogP contribution in [0.2, 0.25) is 5.02 Å². The maximum absolute atomic E-state index is 12.8. The van der Waals surface area contributed by atoms with Gasteiger partial charge in [-0.25, -0.2) is 0 Å². The normalized spacial score (nSPS) is 15.1. The van der Waals surface area contributed by atoms with E-state index in [-0.39, 0.29) is 17.9 Å². The van der Waals surface area contributed by atoms with E-state index in [1.165, 1.54) is 6.92 Å². The van der Waals surface area contributed by atoms with Gasteiger partial charge < -0.3 is 19.7 Å². The van der Waals surface area contributed by atoms with Crippen molar-refractivity contribution >= 4 is 29.4 Å². The molecule has 0 spiro atoms. The molecule has 1 aliphatic heterocycles. The van der Waals surface area contributed by atoms with Crippen molar-refractivity contribution in [3.05, 3.63) is 59.1 Å². The quantitative estimate of drug-likeness (QED) is 0.545. The Kier molecular flexibility index (Phi) is 7.52. The molecular weight excluding hydrogens is 420 g/mol. The summed E-state index contributed by atoms with van der Waals surface area (Å²) in [5.41, 5.74) is 0.464. The number of halogens is 1. The predicted molar refractivity (Wildman–Crippen MR) is 116 cm³/mol. The molecule has 164 valence electrons. The third-order valence-corrected chi connectivity index (χ3v) is 5.22. The van der Waals surface area contributed by atoms with Crippen molar-refractivity contribution < 1.29 is 23.9 Å². The smallest absolute Gasteiger partial charge is 0.308 e. The molecule has 0 saturated carbocycles. The minimum atomic E-state index is -0.648. The molecule has 1 fully saturated rings. The molecule has 0 radical (unpaired) electrons. The number of nitrogens with one attached hydrogen (secondary N) is 1. The second-order valence-corrected chi connectivity index (χ2v) is 7.85. The summed E-state index contributed by atoms with van der Waals surface area (Å²) < 4.78 is 10.7. The second kappa shape index (κ2) is 10.3. The van der Waals surface area contributed by atoms with E-state index in [1.54, 1.807) is 60.4 Å². The number of piperidine rings is 1. The maximum atomic E-state index is 12.8. The lowest BCUT2D eigenvalue weighted by molar-refractivity contribution is -0.132. The molecule has 2 aromatic carbocycles. The van der Waals surface area contributed by atoms with Crippen molar-refractivity contribution in [3.8, 4) is 11.5 Å². The number of ether oxygens (including phenoxy) is 2. The van der Waals surface area contributed by atoms with Crippen LogP contribution in [-0.4, -0.2) is 47.9 Å². The van der Waals surface area contributed by atoms with Gasteiger partial charge in [0.1, 0.15) is 11.5 Å². The SMILES string of the molecule is CC(=O)Oc1cccc(C(=O)N2CCC(NC(=O)C(C)Oc3ccc(Cl)cc3)CC2)c1. The van der Waals surface area contributed by atoms with E-state index in [0.29, 0.717) is 48.0 Å². The first kappa shape index (κ1) is 22.6.